The number of rotatable bonds is 7. The lowest BCUT2D eigenvalue weighted by Gasteiger charge is -2.14. The van der Waals surface area contributed by atoms with E-state index in [4.69, 9.17) is 4.74 Å². The van der Waals surface area contributed by atoms with Crippen LogP contribution in [0.3, 0.4) is 0 Å². The van der Waals surface area contributed by atoms with Gasteiger partial charge in [-0.25, -0.2) is 0 Å². The molecule has 0 bridgehead atoms. The summed E-state index contributed by atoms with van der Waals surface area (Å²) in [4.78, 5) is 23.2. The predicted octanol–water partition coefficient (Wildman–Crippen LogP) is 2.12. The number of carbonyl (C=O) groups is 2. The number of amides is 2. The Hall–Kier alpha value is -2.25. The molecule has 1 atom stereocenters. The zero-order valence-corrected chi connectivity index (χ0v) is 12.9. The van der Waals surface area contributed by atoms with Crippen molar-refractivity contribution in [3.63, 3.8) is 0 Å². The third-order valence-corrected chi connectivity index (χ3v) is 2.87. The van der Waals surface area contributed by atoms with E-state index in [2.05, 4.69) is 10.6 Å². The number of hydrogen-bond donors (Lipinski definition) is 2. The summed E-state index contributed by atoms with van der Waals surface area (Å²) in [6.07, 6.45) is -3.64. The maximum Gasteiger partial charge on any atom is 0.416 e. The number of alkyl halides is 3. The Kier molecular flexibility index (Phi) is 6.87. The van der Waals surface area contributed by atoms with Crippen LogP contribution < -0.4 is 15.4 Å². The van der Waals surface area contributed by atoms with Crippen molar-refractivity contribution in [3.8, 4) is 5.75 Å². The van der Waals surface area contributed by atoms with Gasteiger partial charge in [0.15, 0.2) is 6.61 Å². The van der Waals surface area contributed by atoms with Crippen LogP contribution in [0.15, 0.2) is 24.3 Å². The van der Waals surface area contributed by atoms with E-state index in [1.54, 1.807) is 0 Å². The molecule has 0 saturated carbocycles. The highest BCUT2D eigenvalue weighted by Crippen LogP contribution is 2.30. The van der Waals surface area contributed by atoms with Crippen molar-refractivity contribution in [2.75, 3.05) is 13.2 Å². The summed E-state index contributed by atoms with van der Waals surface area (Å²) in [6.45, 7) is 3.56. The van der Waals surface area contributed by atoms with Crippen molar-refractivity contribution in [1.29, 1.82) is 0 Å². The number of nitrogens with one attached hydrogen (secondary N) is 2. The first-order valence-electron chi connectivity index (χ1n) is 7.11. The van der Waals surface area contributed by atoms with Gasteiger partial charge in [0, 0.05) is 6.54 Å². The maximum absolute atomic E-state index is 12.4. The van der Waals surface area contributed by atoms with Crippen molar-refractivity contribution in [1.82, 2.24) is 10.6 Å². The standard InChI is InChI=1S/C15H19F3N2O3/c1-3-8-19-14(22)10(2)20-13(21)9-23-12-6-4-11(5-7-12)15(16,17)18/h4-7,10H,3,8-9H2,1-2H3,(H,19,22)(H,20,21)/t10-/m0/s1. The van der Waals surface area contributed by atoms with Crippen LogP contribution in [0.2, 0.25) is 0 Å². The molecule has 0 heterocycles. The molecule has 1 aromatic rings. The molecule has 23 heavy (non-hydrogen) atoms. The molecule has 1 aromatic carbocycles. The van der Waals surface area contributed by atoms with Crippen LogP contribution in [0, 0.1) is 0 Å². The van der Waals surface area contributed by atoms with Gasteiger partial charge >= 0.3 is 6.18 Å². The summed E-state index contributed by atoms with van der Waals surface area (Å²) in [7, 11) is 0. The second kappa shape index (κ2) is 8.40. The molecule has 0 aliphatic carbocycles. The van der Waals surface area contributed by atoms with Gasteiger partial charge in [0.05, 0.1) is 5.56 Å². The zero-order valence-electron chi connectivity index (χ0n) is 12.9. The first-order valence-corrected chi connectivity index (χ1v) is 7.11. The normalized spacial score (nSPS) is 12.4. The highest BCUT2D eigenvalue weighted by molar-refractivity contribution is 5.87. The lowest BCUT2D eigenvalue weighted by molar-refractivity contribution is -0.137. The molecular formula is C15H19F3N2O3. The summed E-state index contributed by atoms with van der Waals surface area (Å²) in [5, 5.41) is 5.07. The molecule has 0 aliphatic heterocycles. The van der Waals surface area contributed by atoms with E-state index in [1.165, 1.54) is 6.92 Å². The monoisotopic (exact) mass is 332 g/mol. The Labute approximate surface area is 132 Å². The molecule has 0 saturated heterocycles. The van der Waals surface area contributed by atoms with E-state index in [0.717, 1.165) is 30.7 Å². The SMILES string of the molecule is CCCNC(=O)[C@H](C)NC(=O)COc1ccc(C(F)(F)F)cc1. The molecule has 0 radical (unpaired) electrons. The van der Waals surface area contributed by atoms with Gasteiger partial charge in [-0.05, 0) is 37.6 Å². The van der Waals surface area contributed by atoms with E-state index in [1.807, 2.05) is 6.92 Å². The predicted molar refractivity (Wildman–Crippen MR) is 77.8 cm³/mol. The first kappa shape index (κ1) is 18.8. The van der Waals surface area contributed by atoms with Crippen LogP contribution in [0.25, 0.3) is 0 Å². The minimum absolute atomic E-state index is 0.135. The lowest BCUT2D eigenvalue weighted by Crippen LogP contribution is -2.46. The molecule has 0 aromatic heterocycles. The minimum atomic E-state index is -4.42. The Bertz CT molecular complexity index is 530. The van der Waals surface area contributed by atoms with Crippen LogP contribution in [-0.4, -0.2) is 31.0 Å². The summed E-state index contributed by atoms with van der Waals surface area (Å²) >= 11 is 0. The second-order valence-electron chi connectivity index (χ2n) is 4.89. The highest BCUT2D eigenvalue weighted by Gasteiger charge is 2.30. The molecule has 0 unspecified atom stereocenters. The maximum atomic E-state index is 12.4. The van der Waals surface area contributed by atoms with Crippen molar-refractivity contribution < 1.29 is 27.5 Å². The second-order valence-corrected chi connectivity index (χ2v) is 4.89. The smallest absolute Gasteiger partial charge is 0.416 e. The van der Waals surface area contributed by atoms with Gasteiger partial charge in [0.1, 0.15) is 11.8 Å². The zero-order chi connectivity index (χ0) is 17.5. The summed E-state index contributed by atoms with van der Waals surface area (Å²) < 4.78 is 42.3. The van der Waals surface area contributed by atoms with Gasteiger partial charge in [-0.2, -0.15) is 13.2 Å². The Morgan fingerprint density at radius 3 is 2.35 bits per heavy atom. The van der Waals surface area contributed by atoms with Gasteiger partial charge in [0.25, 0.3) is 5.91 Å². The Balaban J connectivity index is 2.42. The van der Waals surface area contributed by atoms with Crippen LogP contribution in [-0.2, 0) is 15.8 Å². The average molecular weight is 332 g/mol. The quantitative estimate of drug-likeness (QED) is 0.804. The van der Waals surface area contributed by atoms with Crippen molar-refractivity contribution in [2.24, 2.45) is 0 Å². The van der Waals surface area contributed by atoms with E-state index >= 15 is 0 Å². The fourth-order valence-electron chi connectivity index (χ4n) is 1.64. The molecule has 5 nitrogen and oxygen atoms in total. The Morgan fingerprint density at radius 1 is 1.22 bits per heavy atom. The highest BCUT2D eigenvalue weighted by atomic mass is 19.4. The van der Waals surface area contributed by atoms with Crippen LogP contribution >= 0.6 is 0 Å². The minimum Gasteiger partial charge on any atom is -0.484 e. The topological polar surface area (TPSA) is 67.4 Å². The summed E-state index contributed by atoms with van der Waals surface area (Å²) in [5.41, 5.74) is -0.796. The number of ether oxygens (including phenoxy) is 1. The van der Waals surface area contributed by atoms with Gasteiger partial charge < -0.3 is 15.4 Å². The molecule has 2 amide bonds. The molecule has 1 rings (SSSR count). The average Bonchev–Trinajstić information content (AvgIpc) is 2.50. The van der Waals surface area contributed by atoms with Crippen molar-refractivity contribution in [2.45, 2.75) is 32.5 Å². The number of halogens is 3. The molecule has 0 aliphatic rings. The van der Waals surface area contributed by atoms with Crippen LogP contribution in [0.5, 0.6) is 5.75 Å². The van der Waals surface area contributed by atoms with Gasteiger partial charge in [-0.3, -0.25) is 9.59 Å². The molecule has 8 heteroatoms. The lowest BCUT2D eigenvalue weighted by atomic mass is 10.2. The summed E-state index contributed by atoms with van der Waals surface area (Å²) in [6, 6.07) is 3.29. The molecular weight excluding hydrogens is 313 g/mol. The number of benzene rings is 1. The van der Waals surface area contributed by atoms with E-state index in [9.17, 15) is 22.8 Å². The third-order valence-electron chi connectivity index (χ3n) is 2.87. The van der Waals surface area contributed by atoms with E-state index in [0.29, 0.717) is 6.54 Å². The van der Waals surface area contributed by atoms with Crippen molar-refractivity contribution in [3.05, 3.63) is 29.8 Å². The number of hydrogen-bond acceptors (Lipinski definition) is 3. The molecule has 128 valence electrons. The Morgan fingerprint density at radius 2 is 1.83 bits per heavy atom. The molecule has 2 N–H and O–H groups in total. The molecule has 0 fully saturated rings. The fraction of sp³-hybridized carbons (Fsp3) is 0.467. The first-order chi connectivity index (χ1) is 10.7. The third kappa shape index (κ3) is 6.58. The van der Waals surface area contributed by atoms with E-state index < -0.39 is 30.3 Å². The van der Waals surface area contributed by atoms with Gasteiger partial charge in [-0.15, -0.1) is 0 Å². The summed E-state index contributed by atoms with van der Waals surface area (Å²) in [5.74, 6) is -0.713. The van der Waals surface area contributed by atoms with E-state index in [-0.39, 0.29) is 11.7 Å². The van der Waals surface area contributed by atoms with Crippen LogP contribution in [0.1, 0.15) is 25.8 Å². The number of carbonyl (C=O) groups excluding carboxylic acids is 2. The van der Waals surface area contributed by atoms with Crippen LogP contribution in [0.4, 0.5) is 13.2 Å². The largest absolute Gasteiger partial charge is 0.484 e. The molecule has 0 spiro atoms. The van der Waals surface area contributed by atoms with Gasteiger partial charge in [-0.1, -0.05) is 6.92 Å². The fourth-order valence-corrected chi connectivity index (χ4v) is 1.64. The van der Waals surface area contributed by atoms with Gasteiger partial charge in [0.2, 0.25) is 5.91 Å². The van der Waals surface area contributed by atoms with Crippen molar-refractivity contribution >= 4 is 11.8 Å².